The number of piperazine rings is 1. The van der Waals surface area contributed by atoms with Crippen molar-refractivity contribution in [2.75, 3.05) is 24.5 Å². The molecule has 0 aromatic heterocycles. The second kappa shape index (κ2) is 10.4. The first-order valence-corrected chi connectivity index (χ1v) is 15.4. The number of hydrogen-bond donors (Lipinski definition) is 1. The van der Waals surface area contributed by atoms with Gasteiger partial charge in [0.1, 0.15) is 11.9 Å². The molecule has 5 aliphatic heterocycles. The summed E-state index contributed by atoms with van der Waals surface area (Å²) >= 11 is 0. The predicted octanol–water partition coefficient (Wildman–Crippen LogP) is 4.54. The van der Waals surface area contributed by atoms with Crippen molar-refractivity contribution in [2.45, 2.75) is 76.9 Å². The van der Waals surface area contributed by atoms with Crippen LogP contribution in [0.3, 0.4) is 0 Å². The third kappa shape index (κ3) is 4.97. The maximum atomic E-state index is 13.7. The number of nitrogens with one attached hydrogen (secondary N) is 1. The highest BCUT2D eigenvalue weighted by Crippen LogP contribution is 2.44. The highest BCUT2D eigenvalue weighted by Gasteiger charge is 2.46. The number of piperidine rings is 3. The average molecular weight is 585 g/mol. The lowest BCUT2D eigenvalue weighted by atomic mass is 9.72. The van der Waals surface area contributed by atoms with Crippen LogP contribution in [0.15, 0.2) is 48.0 Å². The number of fused-ring (bicyclic) bond motifs is 4. The van der Waals surface area contributed by atoms with Crippen LogP contribution in [-0.4, -0.2) is 71.2 Å². The maximum absolute atomic E-state index is 13.7. The van der Waals surface area contributed by atoms with Gasteiger partial charge in [-0.3, -0.25) is 34.3 Å². The second-order valence-corrected chi connectivity index (χ2v) is 13.6. The number of carbonyl (C=O) groups is 4. The Bertz CT molecular complexity index is 1560. The van der Waals surface area contributed by atoms with Gasteiger partial charge >= 0.3 is 0 Å². The van der Waals surface area contributed by atoms with Crippen LogP contribution >= 0.6 is 0 Å². The van der Waals surface area contributed by atoms with Crippen LogP contribution in [-0.2, 0) is 9.59 Å². The summed E-state index contributed by atoms with van der Waals surface area (Å²) in [5, 5.41) is 2.25. The Kier molecular flexibility index (Phi) is 6.76. The smallest absolute Gasteiger partial charge is 0.262 e. The normalized spacial score (nSPS) is 27.2. The van der Waals surface area contributed by atoms with Crippen molar-refractivity contribution in [1.82, 2.24) is 15.1 Å². The van der Waals surface area contributed by atoms with E-state index in [9.17, 15) is 23.6 Å². The van der Waals surface area contributed by atoms with Gasteiger partial charge in [0.2, 0.25) is 11.8 Å². The van der Waals surface area contributed by atoms with E-state index in [0.29, 0.717) is 17.2 Å². The molecule has 4 saturated heterocycles. The molecular formula is C34H37FN4O4. The highest BCUT2D eigenvalue weighted by atomic mass is 19.1. The second-order valence-electron chi connectivity index (χ2n) is 13.6. The van der Waals surface area contributed by atoms with Crippen molar-refractivity contribution in [1.29, 1.82) is 0 Å². The summed E-state index contributed by atoms with van der Waals surface area (Å²) in [5.41, 5.74) is 5.71. The van der Waals surface area contributed by atoms with Gasteiger partial charge in [-0.05, 0) is 85.4 Å². The summed E-state index contributed by atoms with van der Waals surface area (Å²) in [6.07, 6.45) is 5.58. The molecule has 8 rings (SSSR count). The third-order valence-corrected chi connectivity index (χ3v) is 10.2. The van der Waals surface area contributed by atoms with E-state index in [1.165, 1.54) is 11.1 Å². The molecule has 2 aromatic rings. The monoisotopic (exact) mass is 584 g/mol. The van der Waals surface area contributed by atoms with Crippen LogP contribution in [0.25, 0.3) is 5.57 Å². The number of hydrogen-bond acceptors (Lipinski definition) is 6. The molecule has 8 nitrogen and oxygen atoms in total. The summed E-state index contributed by atoms with van der Waals surface area (Å²) in [4.78, 5) is 56.6. The fraction of sp³-hybridized carbons (Fsp3) is 0.471. The molecule has 224 valence electrons. The molecule has 1 N–H and O–H groups in total. The Balaban J connectivity index is 1.10. The van der Waals surface area contributed by atoms with Gasteiger partial charge in [0.05, 0.1) is 11.1 Å². The van der Waals surface area contributed by atoms with Crippen LogP contribution < -0.4 is 10.2 Å². The minimum Gasteiger partial charge on any atom is -0.366 e. The molecule has 0 saturated carbocycles. The van der Waals surface area contributed by atoms with E-state index >= 15 is 0 Å². The fourth-order valence-electron chi connectivity index (χ4n) is 7.77. The Labute approximate surface area is 250 Å². The topological polar surface area (TPSA) is 90.0 Å². The number of nitrogens with zero attached hydrogens (tertiary/aromatic N) is 3. The van der Waals surface area contributed by atoms with Crippen LogP contribution in [0, 0.1) is 11.2 Å². The molecule has 43 heavy (non-hydrogen) atoms. The van der Waals surface area contributed by atoms with Crippen molar-refractivity contribution in [3.8, 4) is 0 Å². The molecule has 2 aromatic carbocycles. The van der Waals surface area contributed by atoms with Crippen molar-refractivity contribution >= 4 is 34.9 Å². The number of allylic oxidation sites excluding steroid dienone is 1. The van der Waals surface area contributed by atoms with Crippen LogP contribution in [0.1, 0.15) is 85.1 Å². The van der Waals surface area contributed by atoms with Crippen molar-refractivity contribution < 1.29 is 23.6 Å². The lowest BCUT2D eigenvalue weighted by molar-refractivity contribution is -0.136. The van der Waals surface area contributed by atoms with Gasteiger partial charge in [-0.25, -0.2) is 4.39 Å². The number of amides is 4. The van der Waals surface area contributed by atoms with Gasteiger partial charge in [0, 0.05) is 43.8 Å². The number of imide groups is 2. The van der Waals surface area contributed by atoms with Crippen molar-refractivity contribution in [3.05, 3.63) is 70.5 Å². The summed E-state index contributed by atoms with van der Waals surface area (Å²) in [6, 6.07) is 12.1. The van der Waals surface area contributed by atoms with Crippen molar-refractivity contribution in [2.24, 2.45) is 5.41 Å². The third-order valence-electron chi connectivity index (χ3n) is 10.2. The molecule has 0 radical (unpaired) electrons. The Morgan fingerprint density at radius 1 is 0.884 bits per heavy atom. The summed E-state index contributed by atoms with van der Waals surface area (Å²) < 4.78 is 13.7. The van der Waals surface area contributed by atoms with Crippen LogP contribution in [0.5, 0.6) is 0 Å². The molecule has 4 fully saturated rings. The van der Waals surface area contributed by atoms with Crippen LogP contribution in [0.4, 0.5) is 10.1 Å². The number of carbonyl (C=O) groups excluding carboxylic acids is 4. The zero-order valence-electron chi connectivity index (χ0n) is 24.7. The van der Waals surface area contributed by atoms with E-state index in [1.807, 2.05) is 24.3 Å². The molecular weight excluding hydrogens is 547 g/mol. The summed E-state index contributed by atoms with van der Waals surface area (Å²) in [6.45, 7) is 7.30. The zero-order valence-corrected chi connectivity index (χ0v) is 24.7. The zero-order chi connectivity index (χ0) is 30.0. The average Bonchev–Trinajstić information content (AvgIpc) is 3.23. The SMILES string of the molecule is CC1(C)CCC(CN2CC3CCC2CN3c2ccc3c(c2)C(=O)N(C2CCC(=O)NC2=O)C3=O)=C(c2ccc(F)cc2)C1. The summed E-state index contributed by atoms with van der Waals surface area (Å²) in [5.74, 6) is -2.15. The first-order chi connectivity index (χ1) is 20.6. The van der Waals surface area contributed by atoms with Crippen molar-refractivity contribution in [3.63, 3.8) is 0 Å². The largest absolute Gasteiger partial charge is 0.366 e. The van der Waals surface area contributed by atoms with Gasteiger partial charge < -0.3 is 4.90 Å². The molecule has 4 amide bonds. The van der Waals surface area contributed by atoms with E-state index in [4.69, 9.17) is 0 Å². The van der Waals surface area contributed by atoms with E-state index in [1.54, 1.807) is 18.2 Å². The first-order valence-electron chi connectivity index (χ1n) is 15.4. The van der Waals surface area contributed by atoms with E-state index < -0.39 is 23.8 Å². The van der Waals surface area contributed by atoms with Gasteiger partial charge in [0.15, 0.2) is 0 Å². The molecule has 9 heteroatoms. The number of rotatable bonds is 5. The maximum Gasteiger partial charge on any atom is 0.262 e. The molecule has 1 aliphatic carbocycles. The molecule has 3 atom stereocenters. The predicted molar refractivity (Wildman–Crippen MR) is 160 cm³/mol. The lowest BCUT2D eigenvalue weighted by Gasteiger charge is -2.53. The standard InChI is InChI=1S/C34H37FN4O4/c1-34(2)14-13-21(28(16-34)20-3-5-22(35)6-4-20)17-37-18-25-8-7-24(37)19-38(25)23-9-10-26-27(15-23)33(43)39(32(26)42)29-11-12-30(40)36-31(29)41/h3-6,9-10,15,24-25,29H,7-8,11-14,16-19H2,1-2H3,(H,36,40,41). The molecule has 6 aliphatic rings. The van der Waals surface area contributed by atoms with Crippen LogP contribution in [0.2, 0.25) is 0 Å². The Morgan fingerprint density at radius 3 is 2.35 bits per heavy atom. The summed E-state index contributed by atoms with van der Waals surface area (Å²) in [7, 11) is 0. The number of benzene rings is 2. The van der Waals surface area contributed by atoms with E-state index in [2.05, 4.69) is 29.0 Å². The van der Waals surface area contributed by atoms with Gasteiger partial charge in [0.25, 0.3) is 11.8 Å². The van der Waals surface area contributed by atoms with Gasteiger partial charge in [-0.1, -0.05) is 31.6 Å². The van der Waals surface area contributed by atoms with E-state index in [0.717, 1.165) is 67.9 Å². The van der Waals surface area contributed by atoms with Gasteiger partial charge in [-0.2, -0.15) is 0 Å². The lowest BCUT2D eigenvalue weighted by Crippen LogP contribution is -2.63. The molecule has 3 unspecified atom stereocenters. The fourth-order valence-corrected chi connectivity index (χ4v) is 7.77. The molecule has 2 bridgehead atoms. The Hall–Kier alpha value is -3.85. The minimum absolute atomic E-state index is 0.0997. The first kappa shape index (κ1) is 28.0. The molecule has 0 spiro atoms. The molecule has 5 heterocycles. The van der Waals surface area contributed by atoms with E-state index in [-0.39, 0.29) is 36.0 Å². The Morgan fingerprint density at radius 2 is 1.63 bits per heavy atom. The van der Waals surface area contributed by atoms with Gasteiger partial charge in [-0.15, -0.1) is 0 Å². The number of halogens is 1. The quantitative estimate of drug-likeness (QED) is 0.519. The highest BCUT2D eigenvalue weighted by molar-refractivity contribution is 6.23. The minimum atomic E-state index is -0.965. The number of anilines is 1.